The molecular weight excluding hydrogens is 362 g/mol. The van der Waals surface area contributed by atoms with E-state index < -0.39 is 0 Å². The van der Waals surface area contributed by atoms with Gasteiger partial charge in [0.2, 0.25) is 0 Å². The number of pyridine rings is 1. The Bertz CT molecular complexity index is 900. The van der Waals surface area contributed by atoms with Crippen LogP contribution in [0.2, 0.25) is 0 Å². The van der Waals surface area contributed by atoms with E-state index in [0.717, 1.165) is 49.5 Å². The Balaban J connectivity index is 1.38. The number of hydrogen-bond donors (Lipinski definition) is 2. The van der Waals surface area contributed by atoms with Crippen LogP contribution in [0.15, 0.2) is 55.0 Å². The second kappa shape index (κ2) is 9.31. The van der Waals surface area contributed by atoms with Gasteiger partial charge in [-0.25, -0.2) is 0 Å². The number of rotatable bonds is 7. The van der Waals surface area contributed by atoms with Crippen LogP contribution in [0.5, 0.6) is 0 Å². The normalized spacial score (nSPS) is 20.1. The van der Waals surface area contributed by atoms with Crippen LogP contribution in [-0.2, 0) is 24.4 Å². The van der Waals surface area contributed by atoms with Crippen molar-refractivity contribution in [1.29, 1.82) is 0 Å². The Hall–Kier alpha value is -2.54. The summed E-state index contributed by atoms with van der Waals surface area (Å²) >= 11 is 0. The van der Waals surface area contributed by atoms with Gasteiger partial charge < -0.3 is 10.1 Å². The van der Waals surface area contributed by atoms with Crippen LogP contribution in [0.3, 0.4) is 0 Å². The van der Waals surface area contributed by atoms with Gasteiger partial charge in [-0.2, -0.15) is 5.10 Å². The average Bonchev–Trinajstić information content (AvgIpc) is 3.18. The van der Waals surface area contributed by atoms with Gasteiger partial charge >= 0.3 is 0 Å². The molecule has 2 unspecified atom stereocenters. The number of aromatic nitrogens is 3. The van der Waals surface area contributed by atoms with Crippen LogP contribution in [-0.4, -0.2) is 45.4 Å². The molecule has 0 aliphatic carbocycles. The van der Waals surface area contributed by atoms with Crippen LogP contribution >= 0.6 is 0 Å². The third-order valence-corrected chi connectivity index (χ3v) is 5.31. The molecule has 0 radical (unpaired) electrons. The molecule has 0 amide bonds. The Morgan fingerprint density at radius 3 is 2.52 bits per heavy atom. The van der Waals surface area contributed by atoms with Gasteiger partial charge in [-0.05, 0) is 37.1 Å². The van der Waals surface area contributed by atoms with Gasteiger partial charge in [0.05, 0.1) is 24.1 Å². The maximum absolute atomic E-state index is 5.87. The Morgan fingerprint density at radius 2 is 1.76 bits per heavy atom. The van der Waals surface area contributed by atoms with Crippen LogP contribution in [0, 0.1) is 0 Å². The topological polar surface area (TPSA) is 66.1 Å². The van der Waals surface area contributed by atoms with Crippen LogP contribution < -0.4 is 5.32 Å². The molecule has 4 rings (SSSR count). The highest BCUT2D eigenvalue weighted by Gasteiger charge is 2.22. The first-order valence-electron chi connectivity index (χ1n) is 10.3. The Labute approximate surface area is 172 Å². The molecule has 2 N–H and O–H groups in total. The SMILES string of the molecule is CC1CN(Cc2ccccc2CNCc2cn[nH]c2-c2cccnc2)CC(C)O1. The summed E-state index contributed by atoms with van der Waals surface area (Å²) < 4.78 is 5.87. The number of benzene rings is 1. The van der Waals surface area contributed by atoms with Crippen molar-refractivity contribution >= 4 is 0 Å². The van der Waals surface area contributed by atoms with E-state index in [9.17, 15) is 0 Å². The first-order chi connectivity index (χ1) is 14.2. The Morgan fingerprint density at radius 1 is 1.00 bits per heavy atom. The molecular formula is C23H29N5O. The summed E-state index contributed by atoms with van der Waals surface area (Å²) in [5.41, 5.74) is 5.94. The fraction of sp³-hybridized carbons (Fsp3) is 0.391. The summed E-state index contributed by atoms with van der Waals surface area (Å²) in [6.45, 7) is 8.80. The molecule has 1 fully saturated rings. The van der Waals surface area contributed by atoms with Gasteiger partial charge in [-0.15, -0.1) is 0 Å². The number of ether oxygens (including phenoxy) is 1. The van der Waals surface area contributed by atoms with E-state index in [1.165, 1.54) is 11.1 Å². The van der Waals surface area contributed by atoms with Gasteiger partial charge in [-0.1, -0.05) is 24.3 Å². The van der Waals surface area contributed by atoms with Crippen molar-refractivity contribution in [3.8, 4) is 11.3 Å². The van der Waals surface area contributed by atoms with Crippen molar-refractivity contribution in [3.05, 3.63) is 71.7 Å². The Kier molecular flexibility index (Phi) is 6.34. The number of morpholine rings is 1. The zero-order valence-electron chi connectivity index (χ0n) is 17.1. The molecule has 1 saturated heterocycles. The van der Waals surface area contributed by atoms with Gasteiger partial charge in [-0.3, -0.25) is 15.0 Å². The predicted molar refractivity (Wildman–Crippen MR) is 114 cm³/mol. The largest absolute Gasteiger partial charge is 0.373 e. The highest BCUT2D eigenvalue weighted by Crippen LogP contribution is 2.20. The standard InChI is InChI=1S/C23H29N5O/c1-17-14-28(15-18(2)29-17)16-21-7-4-3-6-19(21)10-25-12-22-13-26-27-23(22)20-8-5-9-24-11-20/h3-9,11,13,17-18,25H,10,12,14-16H2,1-2H3,(H,26,27). The molecule has 152 valence electrons. The molecule has 2 aromatic heterocycles. The van der Waals surface area contributed by atoms with Crippen molar-refractivity contribution in [2.75, 3.05) is 13.1 Å². The summed E-state index contributed by atoms with van der Waals surface area (Å²) in [5.74, 6) is 0. The quantitative estimate of drug-likeness (QED) is 0.646. The lowest BCUT2D eigenvalue weighted by Gasteiger charge is -2.35. The fourth-order valence-electron chi connectivity index (χ4n) is 4.08. The van der Waals surface area contributed by atoms with Crippen molar-refractivity contribution in [2.24, 2.45) is 0 Å². The highest BCUT2D eigenvalue weighted by molar-refractivity contribution is 5.61. The van der Waals surface area contributed by atoms with Crippen molar-refractivity contribution in [3.63, 3.8) is 0 Å². The zero-order chi connectivity index (χ0) is 20.1. The highest BCUT2D eigenvalue weighted by atomic mass is 16.5. The maximum Gasteiger partial charge on any atom is 0.0710 e. The number of H-pyrrole nitrogens is 1. The third-order valence-electron chi connectivity index (χ3n) is 5.31. The molecule has 6 nitrogen and oxygen atoms in total. The van der Waals surface area contributed by atoms with Crippen molar-refractivity contribution in [2.45, 2.75) is 45.7 Å². The van der Waals surface area contributed by atoms with Gasteiger partial charge in [0.25, 0.3) is 0 Å². The number of hydrogen-bond acceptors (Lipinski definition) is 5. The van der Waals surface area contributed by atoms with E-state index in [2.05, 4.69) is 63.5 Å². The fourth-order valence-corrected chi connectivity index (χ4v) is 4.08. The molecule has 0 saturated carbocycles. The van der Waals surface area contributed by atoms with E-state index >= 15 is 0 Å². The summed E-state index contributed by atoms with van der Waals surface area (Å²) in [5, 5.41) is 10.9. The van der Waals surface area contributed by atoms with Crippen LogP contribution in [0.1, 0.15) is 30.5 Å². The molecule has 1 aliphatic heterocycles. The maximum atomic E-state index is 5.87. The monoisotopic (exact) mass is 391 g/mol. The lowest BCUT2D eigenvalue weighted by Crippen LogP contribution is -2.45. The molecule has 0 spiro atoms. The second-order valence-electron chi connectivity index (χ2n) is 7.84. The molecule has 2 atom stereocenters. The van der Waals surface area contributed by atoms with Crippen LogP contribution in [0.4, 0.5) is 0 Å². The molecule has 3 aromatic rings. The first kappa shape index (κ1) is 19.8. The number of nitrogens with zero attached hydrogens (tertiary/aromatic N) is 3. The molecule has 1 aromatic carbocycles. The zero-order valence-corrected chi connectivity index (χ0v) is 17.1. The third kappa shape index (κ3) is 5.09. The minimum absolute atomic E-state index is 0.288. The lowest BCUT2D eigenvalue weighted by atomic mass is 10.1. The van der Waals surface area contributed by atoms with Crippen LogP contribution in [0.25, 0.3) is 11.3 Å². The minimum atomic E-state index is 0.288. The van der Waals surface area contributed by atoms with E-state index in [1.807, 2.05) is 24.5 Å². The van der Waals surface area contributed by atoms with Gasteiger partial charge in [0, 0.05) is 56.2 Å². The predicted octanol–water partition coefficient (Wildman–Crippen LogP) is 3.37. The minimum Gasteiger partial charge on any atom is -0.373 e. The molecule has 29 heavy (non-hydrogen) atoms. The number of nitrogens with one attached hydrogen (secondary N) is 2. The molecule has 3 heterocycles. The lowest BCUT2D eigenvalue weighted by molar-refractivity contribution is -0.0705. The smallest absolute Gasteiger partial charge is 0.0710 e. The van der Waals surface area contributed by atoms with E-state index in [4.69, 9.17) is 4.74 Å². The first-order valence-corrected chi connectivity index (χ1v) is 10.3. The summed E-state index contributed by atoms with van der Waals surface area (Å²) in [4.78, 5) is 6.70. The number of aromatic amines is 1. The molecule has 6 heteroatoms. The van der Waals surface area contributed by atoms with Gasteiger partial charge in [0.1, 0.15) is 0 Å². The van der Waals surface area contributed by atoms with Crippen molar-refractivity contribution < 1.29 is 4.74 Å². The summed E-state index contributed by atoms with van der Waals surface area (Å²) in [7, 11) is 0. The summed E-state index contributed by atoms with van der Waals surface area (Å²) in [6.07, 6.45) is 6.10. The molecule has 0 bridgehead atoms. The van der Waals surface area contributed by atoms with Crippen molar-refractivity contribution in [1.82, 2.24) is 25.4 Å². The van der Waals surface area contributed by atoms with E-state index in [1.54, 1.807) is 6.20 Å². The summed E-state index contributed by atoms with van der Waals surface area (Å²) in [6, 6.07) is 12.7. The average molecular weight is 392 g/mol. The van der Waals surface area contributed by atoms with Gasteiger partial charge in [0.15, 0.2) is 0 Å². The van der Waals surface area contributed by atoms with E-state index in [0.29, 0.717) is 0 Å². The molecule has 1 aliphatic rings. The second-order valence-corrected chi connectivity index (χ2v) is 7.84. The van der Waals surface area contributed by atoms with E-state index in [-0.39, 0.29) is 12.2 Å².